The van der Waals surface area contributed by atoms with Crippen molar-refractivity contribution >= 4 is 28.0 Å². The van der Waals surface area contributed by atoms with Crippen LogP contribution in [0.1, 0.15) is 24.2 Å². The number of amides is 1. The van der Waals surface area contributed by atoms with Crippen LogP contribution in [0.4, 0.5) is 4.79 Å². The van der Waals surface area contributed by atoms with Gasteiger partial charge < -0.3 is 24.5 Å². The zero-order chi connectivity index (χ0) is 26.2. The molecule has 194 valence electrons. The van der Waals surface area contributed by atoms with Crippen LogP contribution in [0.2, 0.25) is 0 Å². The van der Waals surface area contributed by atoms with E-state index in [2.05, 4.69) is 14.9 Å². The molecule has 0 spiro atoms. The van der Waals surface area contributed by atoms with E-state index in [4.69, 9.17) is 19.6 Å². The zero-order valence-corrected chi connectivity index (χ0v) is 21.0. The van der Waals surface area contributed by atoms with E-state index < -0.39 is 6.09 Å². The molecule has 5 rings (SSSR count). The lowest BCUT2D eigenvalue weighted by atomic mass is 10.2. The Morgan fingerprint density at radius 1 is 0.895 bits per heavy atom. The summed E-state index contributed by atoms with van der Waals surface area (Å²) < 4.78 is 14.2. The minimum Gasteiger partial charge on any atom is -0.492 e. The van der Waals surface area contributed by atoms with Crippen molar-refractivity contribution in [2.75, 3.05) is 13.2 Å². The minimum atomic E-state index is -1.00. The second kappa shape index (κ2) is 12.1. The first kappa shape index (κ1) is 25.1. The van der Waals surface area contributed by atoms with E-state index >= 15 is 0 Å². The summed E-state index contributed by atoms with van der Waals surface area (Å²) in [5, 5.41) is 12.2. The highest BCUT2D eigenvalue weighted by molar-refractivity contribution is 6.02. The van der Waals surface area contributed by atoms with Gasteiger partial charge in [0.15, 0.2) is 0 Å². The van der Waals surface area contributed by atoms with Crippen molar-refractivity contribution < 1.29 is 19.4 Å². The molecule has 8 heteroatoms. The van der Waals surface area contributed by atoms with Crippen molar-refractivity contribution in [3.05, 3.63) is 96.4 Å². The second-order valence-electron chi connectivity index (χ2n) is 8.98. The van der Waals surface area contributed by atoms with Crippen LogP contribution in [0.5, 0.6) is 11.5 Å². The second-order valence-corrected chi connectivity index (χ2v) is 8.98. The number of nitrogens with one attached hydrogen (secondary N) is 1. The molecule has 8 nitrogen and oxygen atoms in total. The number of aryl methyl sites for hydroxylation is 1. The monoisotopic (exact) mass is 510 g/mol. The van der Waals surface area contributed by atoms with Gasteiger partial charge in [-0.15, -0.1) is 0 Å². The fourth-order valence-electron chi connectivity index (χ4n) is 4.48. The van der Waals surface area contributed by atoms with E-state index in [1.165, 1.54) is 0 Å². The Kier molecular flexibility index (Phi) is 7.98. The summed E-state index contributed by atoms with van der Waals surface area (Å²) in [6.07, 6.45) is 3.08. The lowest BCUT2D eigenvalue weighted by Gasteiger charge is -2.12. The highest BCUT2D eigenvalue weighted by atomic mass is 16.5. The molecule has 3 aromatic carbocycles. The van der Waals surface area contributed by atoms with Crippen molar-refractivity contribution in [1.29, 1.82) is 0 Å². The number of carboxylic acid groups (broad SMARTS) is 1. The third-order valence-corrected chi connectivity index (χ3v) is 6.30. The van der Waals surface area contributed by atoms with E-state index in [-0.39, 0.29) is 0 Å². The van der Waals surface area contributed by atoms with Crippen LogP contribution in [0.25, 0.3) is 21.9 Å². The van der Waals surface area contributed by atoms with Gasteiger partial charge in [0.1, 0.15) is 36.1 Å². The average molecular weight is 511 g/mol. The molecule has 2 heterocycles. The molecule has 0 fully saturated rings. The van der Waals surface area contributed by atoms with Crippen LogP contribution in [0.15, 0.2) is 85.1 Å². The number of hydrogen-bond donors (Lipinski definition) is 2. The number of unbranched alkanes of at least 4 members (excludes halogenated alkanes) is 1. The Morgan fingerprint density at radius 3 is 2.47 bits per heavy atom. The van der Waals surface area contributed by atoms with Gasteiger partial charge >= 0.3 is 6.09 Å². The summed E-state index contributed by atoms with van der Waals surface area (Å²) in [5.41, 5.74) is 3.79. The predicted octanol–water partition coefficient (Wildman–Crippen LogP) is 5.83. The minimum absolute atomic E-state index is 0.420. The average Bonchev–Trinajstić information content (AvgIpc) is 3.30. The zero-order valence-electron chi connectivity index (χ0n) is 21.0. The third kappa shape index (κ3) is 6.21. The SMILES string of the molecule is O=C(O)NCCCCc1nc2cnc3cc(OCc4ccccc4)ccc3c2n1CCOc1ccccc1. The van der Waals surface area contributed by atoms with E-state index in [0.717, 1.165) is 64.1 Å². The topological polar surface area (TPSA) is 98.5 Å². The van der Waals surface area contributed by atoms with Gasteiger partial charge in [0, 0.05) is 24.4 Å². The molecule has 0 aliphatic carbocycles. The number of imidazole rings is 1. The number of ether oxygens (including phenoxy) is 2. The van der Waals surface area contributed by atoms with Crippen LogP contribution >= 0.6 is 0 Å². The maximum absolute atomic E-state index is 10.7. The number of hydrogen-bond acceptors (Lipinski definition) is 5. The number of rotatable bonds is 12. The van der Waals surface area contributed by atoms with Gasteiger partial charge in [-0.3, -0.25) is 4.98 Å². The molecule has 0 saturated heterocycles. The number of aromatic nitrogens is 3. The highest BCUT2D eigenvalue weighted by Gasteiger charge is 2.15. The molecule has 2 N–H and O–H groups in total. The first-order valence-corrected chi connectivity index (χ1v) is 12.8. The fraction of sp³-hybridized carbons (Fsp3) is 0.233. The molecule has 5 aromatic rings. The lowest BCUT2D eigenvalue weighted by Crippen LogP contribution is -2.21. The van der Waals surface area contributed by atoms with Crippen LogP contribution in [-0.2, 0) is 19.6 Å². The van der Waals surface area contributed by atoms with Crippen LogP contribution in [-0.4, -0.2) is 38.9 Å². The van der Waals surface area contributed by atoms with Crippen LogP contribution in [0.3, 0.4) is 0 Å². The predicted molar refractivity (Wildman–Crippen MR) is 147 cm³/mol. The van der Waals surface area contributed by atoms with Crippen molar-refractivity contribution in [1.82, 2.24) is 19.9 Å². The molecule has 0 radical (unpaired) electrons. The number of nitrogens with zero attached hydrogens (tertiary/aromatic N) is 3. The van der Waals surface area contributed by atoms with Gasteiger partial charge in [0.05, 0.1) is 23.8 Å². The Morgan fingerprint density at radius 2 is 1.68 bits per heavy atom. The summed E-state index contributed by atoms with van der Waals surface area (Å²) in [6.45, 7) is 2.03. The van der Waals surface area contributed by atoms with E-state index in [1.807, 2.05) is 85.1 Å². The smallest absolute Gasteiger partial charge is 0.404 e. The van der Waals surface area contributed by atoms with Gasteiger partial charge in [-0.2, -0.15) is 0 Å². The normalized spacial score (nSPS) is 11.1. The van der Waals surface area contributed by atoms with Crippen molar-refractivity contribution in [3.63, 3.8) is 0 Å². The molecule has 0 aliphatic heterocycles. The summed E-state index contributed by atoms with van der Waals surface area (Å²) in [5.74, 6) is 2.52. The maximum Gasteiger partial charge on any atom is 0.404 e. The van der Waals surface area contributed by atoms with Gasteiger partial charge in [-0.25, -0.2) is 9.78 Å². The molecular weight excluding hydrogens is 480 g/mol. The van der Waals surface area contributed by atoms with Gasteiger partial charge in [0.2, 0.25) is 0 Å². The molecule has 2 aromatic heterocycles. The molecule has 1 amide bonds. The van der Waals surface area contributed by atoms with E-state index in [1.54, 1.807) is 0 Å². The number of fused-ring (bicyclic) bond motifs is 3. The fourth-order valence-corrected chi connectivity index (χ4v) is 4.48. The molecule has 38 heavy (non-hydrogen) atoms. The van der Waals surface area contributed by atoms with Crippen molar-refractivity contribution in [2.45, 2.75) is 32.4 Å². The van der Waals surface area contributed by atoms with E-state index in [9.17, 15) is 4.79 Å². The van der Waals surface area contributed by atoms with E-state index in [0.29, 0.717) is 26.3 Å². The number of pyridine rings is 1. The number of para-hydroxylation sites is 1. The number of benzene rings is 3. The largest absolute Gasteiger partial charge is 0.492 e. The van der Waals surface area contributed by atoms with Crippen molar-refractivity contribution in [3.8, 4) is 11.5 Å². The summed E-state index contributed by atoms with van der Waals surface area (Å²) >= 11 is 0. The van der Waals surface area contributed by atoms with Crippen molar-refractivity contribution in [2.24, 2.45) is 0 Å². The Labute approximate surface area is 220 Å². The first-order valence-electron chi connectivity index (χ1n) is 12.8. The third-order valence-electron chi connectivity index (χ3n) is 6.30. The molecular formula is C30H30N4O4. The number of carbonyl (C=O) groups is 1. The first-order chi connectivity index (χ1) is 18.7. The Hall–Kier alpha value is -4.59. The molecule has 0 aliphatic rings. The molecule has 0 bridgehead atoms. The van der Waals surface area contributed by atoms with Gasteiger partial charge in [-0.05, 0) is 42.7 Å². The molecule has 0 unspecified atom stereocenters. The standard InChI is InChI=1S/C30H30N4O4/c35-30(36)31-16-8-7-13-28-33-27-20-32-26-19-24(38-21-22-9-3-1-4-10-22)14-15-25(26)29(27)34(28)17-18-37-23-11-5-2-6-12-23/h1-6,9-12,14-15,19-20,31H,7-8,13,16-18,21H2,(H,35,36). The van der Waals surface area contributed by atoms with Gasteiger partial charge in [-0.1, -0.05) is 48.5 Å². The lowest BCUT2D eigenvalue weighted by molar-refractivity contribution is 0.194. The Balaban J connectivity index is 1.39. The van der Waals surface area contributed by atoms with Crippen LogP contribution < -0.4 is 14.8 Å². The quantitative estimate of drug-likeness (QED) is 0.205. The Bertz CT molecular complexity index is 1500. The van der Waals surface area contributed by atoms with Gasteiger partial charge in [0.25, 0.3) is 0 Å². The molecule has 0 saturated carbocycles. The summed E-state index contributed by atoms with van der Waals surface area (Å²) in [6, 6.07) is 25.8. The highest BCUT2D eigenvalue weighted by Crippen LogP contribution is 2.28. The molecule has 0 atom stereocenters. The summed E-state index contributed by atoms with van der Waals surface area (Å²) in [7, 11) is 0. The summed E-state index contributed by atoms with van der Waals surface area (Å²) in [4.78, 5) is 20.3. The maximum atomic E-state index is 10.7. The van der Waals surface area contributed by atoms with Crippen LogP contribution in [0, 0.1) is 0 Å².